The van der Waals surface area contributed by atoms with Crippen molar-refractivity contribution < 1.29 is 14.3 Å². The molecular weight excluding hydrogens is 271 g/mol. The molecule has 3 rings (SSSR count). The van der Waals surface area contributed by atoms with Gasteiger partial charge in [0.1, 0.15) is 11.6 Å². The smallest absolute Gasteiger partial charge is 0.258 e. The third kappa shape index (κ3) is 2.62. The van der Waals surface area contributed by atoms with Gasteiger partial charge in [0.25, 0.3) is 5.91 Å². The fourth-order valence-corrected chi connectivity index (χ4v) is 3.64. The SMILES string of the molecule is O=C(c1cc(F)ccc1O)N1CCNCC12CCCCC2. The van der Waals surface area contributed by atoms with Crippen molar-refractivity contribution in [1.82, 2.24) is 10.2 Å². The van der Waals surface area contributed by atoms with Gasteiger partial charge in [-0.1, -0.05) is 19.3 Å². The molecule has 2 fully saturated rings. The van der Waals surface area contributed by atoms with Crippen LogP contribution < -0.4 is 5.32 Å². The van der Waals surface area contributed by atoms with E-state index in [2.05, 4.69) is 5.32 Å². The van der Waals surface area contributed by atoms with Gasteiger partial charge in [0.2, 0.25) is 0 Å². The number of carbonyl (C=O) groups excluding carboxylic acids is 1. The van der Waals surface area contributed by atoms with Crippen LogP contribution in [0.15, 0.2) is 18.2 Å². The van der Waals surface area contributed by atoms with E-state index in [0.717, 1.165) is 44.8 Å². The first-order chi connectivity index (χ1) is 10.1. The lowest BCUT2D eigenvalue weighted by Gasteiger charge is -2.49. The summed E-state index contributed by atoms with van der Waals surface area (Å²) in [6.07, 6.45) is 5.37. The normalized spacial score (nSPS) is 21.5. The van der Waals surface area contributed by atoms with Gasteiger partial charge in [0.15, 0.2) is 0 Å². The van der Waals surface area contributed by atoms with Crippen LogP contribution in [0, 0.1) is 5.82 Å². The molecule has 1 amide bonds. The van der Waals surface area contributed by atoms with Crippen molar-refractivity contribution in [3.8, 4) is 5.75 Å². The number of nitrogens with zero attached hydrogens (tertiary/aromatic N) is 1. The lowest BCUT2D eigenvalue weighted by Crippen LogP contribution is -2.63. The zero-order chi connectivity index (χ0) is 14.9. The zero-order valence-corrected chi connectivity index (χ0v) is 12.1. The average Bonchev–Trinajstić information content (AvgIpc) is 2.50. The third-order valence-corrected chi connectivity index (χ3v) is 4.76. The van der Waals surface area contributed by atoms with Gasteiger partial charge >= 0.3 is 0 Å². The van der Waals surface area contributed by atoms with Crippen LogP contribution >= 0.6 is 0 Å². The number of carbonyl (C=O) groups is 1. The summed E-state index contributed by atoms with van der Waals surface area (Å²) in [6.45, 7) is 2.13. The first-order valence-corrected chi connectivity index (χ1v) is 7.64. The van der Waals surface area contributed by atoms with Gasteiger partial charge in [0, 0.05) is 19.6 Å². The quantitative estimate of drug-likeness (QED) is 0.835. The summed E-state index contributed by atoms with van der Waals surface area (Å²) in [7, 11) is 0. The van der Waals surface area contributed by atoms with Gasteiger partial charge in [-0.15, -0.1) is 0 Å². The summed E-state index contributed by atoms with van der Waals surface area (Å²) < 4.78 is 13.4. The van der Waals surface area contributed by atoms with Crippen molar-refractivity contribution in [3.63, 3.8) is 0 Å². The predicted octanol–water partition coefficient (Wildman–Crippen LogP) is 2.28. The van der Waals surface area contributed by atoms with Crippen molar-refractivity contribution in [1.29, 1.82) is 0 Å². The Hall–Kier alpha value is -1.62. The van der Waals surface area contributed by atoms with E-state index >= 15 is 0 Å². The van der Waals surface area contributed by atoms with Crippen LogP contribution in [0.25, 0.3) is 0 Å². The Morgan fingerprint density at radius 2 is 2.05 bits per heavy atom. The molecule has 1 heterocycles. The molecule has 1 spiro atoms. The summed E-state index contributed by atoms with van der Waals surface area (Å²) in [5.74, 6) is -0.898. The number of rotatable bonds is 1. The number of halogens is 1. The van der Waals surface area contributed by atoms with Crippen LogP contribution in [0.4, 0.5) is 4.39 Å². The molecule has 0 radical (unpaired) electrons. The Bertz CT molecular complexity index is 533. The summed E-state index contributed by atoms with van der Waals surface area (Å²) in [6, 6.07) is 3.55. The minimum Gasteiger partial charge on any atom is -0.507 e. The van der Waals surface area contributed by atoms with E-state index in [-0.39, 0.29) is 22.8 Å². The molecule has 114 valence electrons. The number of piperazine rings is 1. The lowest BCUT2D eigenvalue weighted by atomic mass is 9.78. The van der Waals surface area contributed by atoms with E-state index in [0.29, 0.717) is 6.54 Å². The molecule has 1 saturated carbocycles. The highest BCUT2D eigenvalue weighted by Gasteiger charge is 2.42. The monoisotopic (exact) mass is 292 g/mol. The third-order valence-electron chi connectivity index (χ3n) is 4.76. The lowest BCUT2D eigenvalue weighted by molar-refractivity contribution is 0.0220. The maximum absolute atomic E-state index is 13.4. The highest BCUT2D eigenvalue weighted by atomic mass is 19.1. The number of hydrogen-bond donors (Lipinski definition) is 2. The van der Waals surface area contributed by atoms with Crippen molar-refractivity contribution in [2.24, 2.45) is 0 Å². The molecule has 0 bridgehead atoms. The average molecular weight is 292 g/mol. The Morgan fingerprint density at radius 1 is 1.29 bits per heavy atom. The molecule has 0 aromatic heterocycles. The first-order valence-electron chi connectivity index (χ1n) is 7.64. The van der Waals surface area contributed by atoms with E-state index in [1.807, 2.05) is 4.90 Å². The Morgan fingerprint density at radius 3 is 2.81 bits per heavy atom. The van der Waals surface area contributed by atoms with Gasteiger partial charge in [-0.05, 0) is 31.0 Å². The molecule has 1 aromatic rings. The number of nitrogens with one attached hydrogen (secondary N) is 1. The van der Waals surface area contributed by atoms with Gasteiger partial charge in [-0.3, -0.25) is 4.79 Å². The second kappa shape index (κ2) is 5.64. The maximum atomic E-state index is 13.4. The van der Waals surface area contributed by atoms with Gasteiger partial charge in [-0.25, -0.2) is 4.39 Å². The number of aromatic hydroxyl groups is 1. The molecule has 2 aliphatic rings. The van der Waals surface area contributed by atoms with Crippen molar-refractivity contribution >= 4 is 5.91 Å². The summed E-state index contributed by atoms with van der Waals surface area (Å²) >= 11 is 0. The van der Waals surface area contributed by atoms with E-state index in [4.69, 9.17) is 0 Å². The van der Waals surface area contributed by atoms with Crippen LogP contribution in [0.5, 0.6) is 5.75 Å². The predicted molar refractivity (Wildman–Crippen MR) is 77.8 cm³/mol. The highest BCUT2D eigenvalue weighted by Crippen LogP contribution is 2.36. The second-order valence-electron chi connectivity index (χ2n) is 6.08. The van der Waals surface area contributed by atoms with Crippen molar-refractivity contribution in [2.45, 2.75) is 37.6 Å². The fourth-order valence-electron chi connectivity index (χ4n) is 3.64. The van der Waals surface area contributed by atoms with Gasteiger partial charge < -0.3 is 15.3 Å². The molecule has 21 heavy (non-hydrogen) atoms. The number of benzene rings is 1. The number of amides is 1. The van der Waals surface area contributed by atoms with Crippen LogP contribution in [0.3, 0.4) is 0 Å². The molecule has 5 heteroatoms. The Kier molecular flexibility index (Phi) is 3.85. The summed E-state index contributed by atoms with van der Waals surface area (Å²) in [5, 5.41) is 13.3. The number of hydrogen-bond acceptors (Lipinski definition) is 3. The second-order valence-corrected chi connectivity index (χ2v) is 6.08. The molecule has 0 unspecified atom stereocenters. The van der Waals surface area contributed by atoms with E-state index in [1.165, 1.54) is 18.6 Å². The molecule has 1 aliphatic heterocycles. The first kappa shape index (κ1) is 14.3. The molecule has 0 atom stereocenters. The molecular formula is C16H21FN2O2. The number of phenols is 1. The molecule has 1 aliphatic carbocycles. The minimum absolute atomic E-state index is 0.0712. The standard InChI is InChI=1S/C16H21FN2O2/c17-12-4-5-14(20)13(10-12)15(21)19-9-8-18-11-16(19)6-2-1-3-7-16/h4-5,10,18,20H,1-3,6-9,11H2. The molecule has 1 aromatic carbocycles. The van der Waals surface area contributed by atoms with Crippen LogP contribution in [-0.2, 0) is 0 Å². The van der Waals surface area contributed by atoms with E-state index in [1.54, 1.807) is 0 Å². The topological polar surface area (TPSA) is 52.6 Å². The van der Waals surface area contributed by atoms with Crippen molar-refractivity contribution in [2.75, 3.05) is 19.6 Å². The zero-order valence-electron chi connectivity index (χ0n) is 12.1. The van der Waals surface area contributed by atoms with Crippen molar-refractivity contribution in [3.05, 3.63) is 29.6 Å². The maximum Gasteiger partial charge on any atom is 0.258 e. The molecule has 4 nitrogen and oxygen atoms in total. The van der Waals surface area contributed by atoms with Gasteiger partial charge in [0.05, 0.1) is 11.1 Å². The molecule has 1 saturated heterocycles. The Balaban J connectivity index is 1.92. The highest BCUT2D eigenvalue weighted by molar-refractivity contribution is 5.97. The van der Waals surface area contributed by atoms with Crippen LogP contribution in [0.1, 0.15) is 42.5 Å². The molecule has 2 N–H and O–H groups in total. The minimum atomic E-state index is -0.496. The largest absolute Gasteiger partial charge is 0.507 e. The van der Waals surface area contributed by atoms with E-state index < -0.39 is 5.82 Å². The Labute approximate surface area is 124 Å². The van der Waals surface area contributed by atoms with E-state index in [9.17, 15) is 14.3 Å². The van der Waals surface area contributed by atoms with Crippen LogP contribution in [0.2, 0.25) is 0 Å². The summed E-state index contributed by atoms with van der Waals surface area (Å²) in [4.78, 5) is 14.7. The van der Waals surface area contributed by atoms with Crippen LogP contribution in [-0.4, -0.2) is 41.1 Å². The summed E-state index contributed by atoms with van der Waals surface area (Å²) in [5.41, 5.74) is -0.103. The fraction of sp³-hybridized carbons (Fsp3) is 0.562. The number of phenolic OH excluding ortho intramolecular Hbond substituents is 1. The van der Waals surface area contributed by atoms with Gasteiger partial charge in [-0.2, -0.15) is 0 Å².